The van der Waals surface area contributed by atoms with E-state index in [0.717, 1.165) is 20.5 Å². The van der Waals surface area contributed by atoms with Crippen LogP contribution in [0.25, 0.3) is 22.5 Å². The summed E-state index contributed by atoms with van der Waals surface area (Å²) >= 11 is 11.2. The van der Waals surface area contributed by atoms with E-state index in [4.69, 9.17) is 21.9 Å². The lowest BCUT2D eigenvalue weighted by molar-refractivity contribution is 0.436. The summed E-state index contributed by atoms with van der Waals surface area (Å²) in [5.41, 5.74) is 8.39. The highest BCUT2D eigenvalue weighted by molar-refractivity contribution is 9.11. The van der Waals surface area contributed by atoms with E-state index >= 15 is 0 Å². The van der Waals surface area contributed by atoms with Crippen molar-refractivity contribution in [3.05, 3.63) is 44.5 Å². The van der Waals surface area contributed by atoms with Gasteiger partial charge in [0.1, 0.15) is 0 Å². The third-order valence-electron chi connectivity index (χ3n) is 2.69. The van der Waals surface area contributed by atoms with Gasteiger partial charge in [-0.15, -0.1) is 11.3 Å². The van der Waals surface area contributed by atoms with Crippen LogP contribution in [-0.4, -0.2) is 5.16 Å². The van der Waals surface area contributed by atoms with E-state index in [2.05, 4.69) is 21.1 Å². The number of thiophene rings is 1. The molecule has 1 aromatic carbocycles. The molecule has 3 rings (SSSR count). The number of halogens is 2. The molecule has 0 saturated carbocycles. The number of hydrogen-bond donors (Lipinski definition) is 1. The Morgan fingerprint density at radius 1 is 1.32 bits per heavy atom. The van der Waals surface area contributed by atoms with Gasteiger partial charge in [-0.25, -0.2) is 0 Å². The lowest BCUT2D eigenvalue weighted by Gasteiger charge is -2.03. The summed E-state index contributed by atoms with van der Waals surface area (Å²) in [5, 5.41) is 6.45. The molecule has 19 heavy (non-hydrogen) atoms. The van der Waals surface area contributed by atoms with Crippen LogP contribution in [0, 0.1) is 0 Å². The van der Waals surface area contributed by atoms with Crippen molar-refractivity contribution in [3.8, 4) is 22.5 Å². The molecular formula is C13H8BrClN2OS. The Kier molecular flexibility index (Phi) is 3.35. The number of nitrogens with zero attached hydrogens (tertiary/aromatic N) is 1. The van der Waals surface area contributed by atoms with E-state index in [9.17, 15) is 0 Å². The number of aromatic nitrogens is 1. The maximum Gasteiger partial charge on any atom is 0.177 e. The van der Waals surface area contributed by atoms with Crippen molar-refractivity contribution < 1.29 is 4.52 Å². The molecule has 0 fully saturated rings. The van der Waals surface area contributed by atoms with E-state index in [-0.39, 0.29) is 0 Å². The quantitative estimate of drug-likeness (QED) is 0.698. The summed E-state index contributed by atoms with van der Waals surface area (Å²) in [6, 6.07) is 9.45. The average Bonchev–Trinajstić information content (AvgIpc) is 2.96. The summed E-state index contributed by atoms with van der Waals surface area (Å²) in [6.07, 6.45) is 0. The van der Waals surface area contributed by atoms with Crippen LogP contribution >= 0.6 is 38.9 Å². The van der Waals surface area contributed by atoms with Gasteiger partial charge in [0, 0.05) is 21.5 Å². The molecule has 2 heterocycles. The van der Waals surface area contributed by atoms with Crippen molar-refractivity contribution in [1.29, 1.82) is 0 Å². The first kappa shape index (κ1) is 12.7. The molecule has 0 radical (unpaired) electrons. The Morgan fingerprint density at radius 2 is 2.11 bits per heavy atom. The fourth-order valence-electron chi connectivity index (χ4n) is 1.85. The van der Waals surface area contributed by atoms with Crippen molar-refractivity contribution >= 4 is 44.7 Å². The fourth-order valence-corrected chi connectivity index (χ4v) is 3.22. The molecule has 3 aromatic rings. The van der Waals surface area contributed by atoms with Crippen LogP contribution in [0.2, 0.25) is 5.02 Å². The molecule has 0 amide bonds. The zero-order chi connectivity index (χ0) is 13.4. The van der Waals surface area contributed by atoms with Gasteiger partial charge < -0.3 is 10.3 Å². The second-order valence-electron chi connectivity index (χ2n) is 3.89. The smallest absolute Gasteiger partial charge is 0.177 e. The van der Waals surface area contributed by atoms with E-state index in [0.29, 0.717) is 16.6 Å². The molecule has 0 bridgehead atoms. The van der Waals surface area contributed by atoms with Crippen LogP contribution in [0.1, 0.15) is 0 Å². The lowest BCUT2D eigenvalue weighted by atomic mass is 10.0. The molecule has 0 saturated heterocycles. The van der Waals surface area contributed by atoms with Crippen molar-refractivity contribution in [1.82, 2.24) is 5.16 Å². The van der Waals surface area contributed by atoms with Gasteiger partial charge in [0.05, 0.1) is 9.35 Å². The Morgan fingerprint density at radius 3 is 2.79 bits per heavy atom. The van der Waals surface area contributed by atoms with Crippen molar-refractivity contribution in [3.63, 3.8) is 0 Å². The molecule has 2 aromatic heterocycles. The third-order valence-corrected chi connectivity index (χ3v) is 4.53. The average molecular weight is 356 g/mol. The normalized spacial score (nSPS) is 10.8. The fraction of sp³-hybridized carbons (Fsp3) is 0. The standard InChI is InChI=1S/C13H8BrClN2OS/c14-10-5-7(6-19-10)12-11(13(16)17-18-12)8-3-1-2-4-9(8)15/h1-6H,(H2,16,17). The number of nitrogen functional groups attached to an aromatic ring is 1. The molecule has 6 heteroatoms. The lowest BCUT2D eigenvalue weighted by Crippen LogP contribution is -1.89. The minimum Gasteiger partial charge on any atom is -0.380 e. The molecule has 0 aliphatic rings. The third kappa shape index (κ3) is 2.29. The number of anilines is 1. The van der Waals surface area contributed by atoms with Gasteiger partial charge in [-0.3, -0.25) is 0 Å². The summed E-state index contributed by atoms with van der Waals surface area (Å²) < 4.78 is 6.37. The molecule has 0 aliphatic heterocycles. The van der Waals surface area contributed by atoms with Crippen LogP contribution in [0.15, 0.2) is 44.0 Å². The Labute approximate surface area is 127 Å². The van der Waals surface area contributed by atoms with Gasteiger partial charge in [0.2, 0.25) is 0 Å². The summed E-state index contributed by atoms with van der Waals surface area (Å²) in [5.74, 6) is 0.970. The Balaban J connectivity index is 2.22. The first-order valence-corrected chi connectivity index (χ1v) is 7.46. The minimum absolute atomic E-state index is 0.338. The van der Waals surface area contributed by atoms with Crippen LogP contribution in [0.5, 0.6) is 0 Å². The molecule has 0 aliphatic carbocycles. The topological polar surface area (TPSA) is 52.0 Å². The van der Waals surface area contributed by atoms with E-state index in [1.807, 2.05) is 35.7 Å². The number of hydrogen-bond acceptors (Lipinski definition) is 4. The number of rotatable bonds is 2. The van der Waals surface area contributed by atoms with Crippen LogP contribution in [0.4, 0.5) is 5.82 Å². The van der Waals surface area contributed by atoms with Gasteiger partial charge in [0.15, 0.2) is 11.6 Å². The summed E-state index contributed by atoms with van der Waals surface area (Å²) in [6.45, 7) is 0. The SMILES string of the molecule is Nc1noc(-c2csc(Br)c2)c1-c1ccccc1Cl. The van der Waals surface area contributed by atoms with Crippen molar-refractivity contribution in [2.75, 3.05) is 5.73 Å². The Hall–Kier alpha value is -1.30. The van der Waals surface area contributed by atoms with Gasteiger partial charge in [-0.2, -0.15) is 0 Å². The number of benzene rings is 1. The van der Waals surface area contributed by atoms with Gasteiger partial charge >= 0.3 is 0 Å². The molecule has 0 spiro atoms. The largest absolute Gasteiger partial charge is 0.380 e. The zero-order valence-electron chi connectivity index (χ0n) is 9.56. The monoisotopic (exact) mass is 354 g/mol. The van der Waals surface area contributed by atoms with E-state index in [1.165, 1.54) is 0 Å². The minimum atomic E-state index is 0.338. The van der Waals surface area contributed by atoms with Crippen LogP contribution in [0.3, 0.4) is 0 Å². The maximum absolute atomic E-state index is 6.22. The highest BCUT2D eigenvalue weighted by atomic mass is 79.9. The predicted molar refractivity (Wildman–Crippen MR) is 82.4 cm³/mol. The highest BCUT2D eigenvalue weighted by Crippen LogP contribution is 2.41. The highest BCUT2D eigenvalue weighted by Gasteiger charge is 2.20. The van der Waals surface area contributed by atoms with Crippen molar-refractivity contribution in [2.24, 2.45) is 0 Å². The predicted octanol–water partition coefficient (Wildman–Crippen LogP) is 5.07. The van der Waals surface area contributed by atoms with Crippen molar-refractivity contribution in [2.45, 2.75) is 0 Å². The first-order valence-electron chi connectivity index (χ1n) is 5.41. The summed E-state index contributed by atoms with van der Waals surface area (Å²) in [4.78, 5) is 0. The Bertz CT molecular complexity index is 738. The second kappa shape index (κ2) is 5.00. The van der Waals surface area contributed by atoms with Gasteiger partial charge in [0.25, 0.3) is 0 Å². The molecule has 0 unspecified atom stereocenters. The first-order chi connectivity index (χ1) is 9.16. The molecular weight excluding hydrogens is 348 g/mol. The van der Waals surface area contributed by atoms with Crippen LogP contribution in [-0.2, 0) is 0 Å². The van der Waals surface area contributed by atoms with Gasteiger partial charge in [-0.1, -0.05) is 35.0 Å². The maximum atomic E-state index is 6.22. The molecule has 96 valence electrons. The molecule has 3 nitrogen and oxygen atoms in total. The summed E-state index contributed by atoms with van der Waals surface area (Å²) in [7, 11) is 0. The van der Waals surface area contributed by atoms with Gasteiger partial charge in [-0.05, 0) is 28.1 Å². The zero-order valence-corrected chi connectivity index (χ0v) is 12.7. The molecule has 0 atom stereocenters. The van der Waals surface area contributed by atoms with E-state index in [1.54, 1.807) is 11.3 Å². The number of nitrogens with two attached hydrogens (primary N) is 1. The second-order valence-corrected chi connectivity index (χ2v) is 6.59. The van der Waals surface area contributed by atoms with E-state index < -0.39 is 0 Å². The van der Waals surface area contributed by atoms with Crippen LogP contribution < -0.4 is 5.73 Å². The molecule has 2 N–H and O–H groups in total.